The average Bonchev–Trinajstić information content (AvgIpc) is 2.57. The predicted octanol–water partition coefficient (Wildman–Crippen LogP) is 1.47. The average molecular weight is 289 g/mol. The van der Waals surface area contributed by atoms with Crippen molar-refractivity contribution in [3.05, 3.63) is 30.1 Å². The molecule has 1 amide bonds. The molecule has 3 heterocycles. The van der Waals surface area contributed by atoms with E-state index in [9.17, 15) is 4.79 Å². The minimum Gasteiger partial charge on any atom is -0.370 e. The molecular formula is C16H23N3O2. The molecule has 0 saturated carbocycles. The first kappa shape index (κ1) is 14.5. The molecule has 3 rings (SSSR count). The monoisotopic (exact) mass is 289 g/mol. The maximum atomic E-state index is 12.5. The third-order valence-corrected chi connectivity index (χ3v) is 4.30. The fourth-order valence-electron chi connectivity index (χ4n) is 3.06. The highest BCUT2D eigenvalue weighted by Crippen LogP contribution is 2.21. The maximum Gasteiger partial charge on any atom is 0.236 e. The lowest BCUT2D eigenvalue weighted by Gasteiger charge is -2.35. The lowest BCUT2D eigenvalue weighted by molar-refractivity contribution is -0.140. The van der Waals surface area contributed by atoms with Crippen molar-refractivity contribution < 1.29 is 9.53 Å². The first-order valence-corrected chi connectivity index (χ1v) is 7.84. The Labute approximate surface area is 125 Å². The molecule has 5 heteroatoms. The summed E-state index contributed by atoms with van der Waals surface area (Å²) in [6, 6.07) is 3.92. The number of morpholine rings is 1. The van der Waals surface area contributed by atoms with Crippen LogP contribution in [-0.2, 0) is 9.53 Å². The van der Waals surface area contributed by atoms with Crippen LogP contribution in [0.4, 0.5) is 0 Å². The summed E-state index contributed by atoms with van der Waals surface area (Å²) in [6.45, 7) is 4.64. The van der Waals surface area contributed by atoms with Gasteiger partial charge >= 0.3 is 0 Å². The molecule has 5 nitrogen and oxygen atoms in total. The Morgan fingerprint density at radius 1 is 1.19 bits per heavy atom. The Bertz CT molecular complexity index is 460. The van der Waals surface area contributed by atoms with E-state index in [2.05, 4.69) is 9.88 Å². The van der Waals surface area contributed by atoms with Crippen LogP contribution in [-0.4, -0.2) is 60.0 Å². The van der Waals surface area contributed by atoms with E-state index in [1.54, 1.807) is 12.4 Å². The number of aromatic nitrogens is 1. The molecular weight excluding hydrogens is 266 g/mol. The van der Waals surface area contributed by atoms with Gasteiger partial charge in [0.25, 0.3) is 0 Å². The van der Waals surface area contributed by atoms with Crippen LogP contribution in [0.2, 0.25) is 0 Å². The molecule has 0 radical (unpaired) electrons. The number of ether oxygens (including phenoxy) is 1. The molecule has 1 aromatic heterocycles. The van der Waals surface area contributed by atoms with Crippen LogP contribution in [0.1, 0.15) is 30.9 Å². The molecule has 0 spiro atoms. The molecule has 0 bridgehead atoms. The van der Waals surface area contributed by atoms with Crippen molar-refractivity contribution in [2.75, 3.05) is 39.3 Å². The number of pyridine rings is 1. The maximum absolute atomic E-state index is 12.5. The molecule has 0 N–H and O–H groups in total. The van der Waals surface area contributed by atoms with Gasteiger partial charge < -0.3 is 9.64 Å². The molecule has 114 valence electrons. The SMILES string of the molecule is O=C(CN1CCCCC1)N1CCOC(c2ccncc2)C1. The standard InChI is InChI=1S/C16H23N3O2/c20-16(13-18-8-2-1-3-9-18)19-10-11-21-15(12-19)14-4-6-17-7-5-14/h4-7,15H,1-3,8-13H2. The summed E-state index contributed by atoms with van der Waals surface area (Å²) in [5, 5.41) is 0. The summed E-state index contributed by atoms with van der Waals surface area (Å²) < 4.78 is 5.80. The topological polar surface area (TPSA) is 45.7 Å². The van der Waals surface area contributed by atoms with Gasteiger partial charge in [-0.3, -0.25) is 14.7 Å². The van der Waals surface area contributed by atoms with Gasteiger partial charge in [-0.25, -0.2) is 0 Å². The van der Waals surface area contributed by atoms with Crippen LogP contribution in [0.5, 0.6) is 0 Å². The number of piperidine rings is 1. The Hall–Kier alpha value is -1.46. The van der Waals surface area contributed by atoms with Crippen LogP contribution in [0.3, 0.4) is 0 Å². The summed E-state index contributed by atoms with van der Waals surface area (Å²) in [4.78, 5) is 20.7. The second-order valence-corrected chi connectivity index (χ2v) is 5.82. The summed E-state index contributed by atoms with van der Waals surface area (Å²) in [6.07, 6.45) is 7.26. The van der Waals surface area contributed by atoms with Gasteiger partial charge in [-0.1, -0.05) is 6.42 Å². The van der Waals surface area contributed by atoms with E-state index in [1.165, 1.54) is 19.3 Å². The van der Waals surface area contributed by atoms with E-state index in [0.717, 1.165) is 18.7 Å². The number of carbonyl (C=O) groups is 1. The van der Waals surface area contributed by atoms with Crippen molar-refractivity contribution in [1.29, 1.82) is 0 Å². The van der Waals surface area contributed by atoms with Crippen LogP contribution >= 0.6 is 0 Å². The predicted molar refractivity (Wildman–Crippen MR) is 79.8 cm³/mol. The van der Waals surface area contributed by atoms with Crippen LogP contribution in [0.25, 0.3) is 0 Å². The van der Waals surface area contributed by atoms with Gasteiger partial charge in [0, 0.05) is 18.9 Å². The third-order valence-electron chi connectivity index (χ3n) is 4.30. The highest BCUT2D eigenvalue weighted by atomic mass is 16.5. The van der Waals surface area contributed by atoms with Crippen molar-refractivity contribution in [2.45, 2.75) is 25.4 Å². The van der Waals surface area contributed by atoms with E-state index in [-0.39, 0.29) is 12.0 Å². The number of amides is 1. The van der Waals surface area contributed by atoms with Crippen LogP contribution in [0.15, 0.2) is 24.5 Å². The molecule has 1 aromatic rings. The number of hydrogen-bond acceptors (Lipinski definition) is 4. The Morgan fingerprint density at radius 2 is 1.95 bits per heavy atom. The highest BCUT2D eigenvalue weighted by Gasteiger charge is 2.26. The fourth-order valence-corrected chi connectivity index (χ4v) is 3.06. The van der Waals surface area contributed by atoms with Crippen LogP contribution in [0, 0.1) is 0 Å². The lowest BCUT2D eigenvalue weighted by atomic mass is 10.1. The molecule has 21 heavy (non-hydrogen) atoms. The van der Waals surface area contributed by atoms with Crippen molar-refractivity contribution in [2.24, 2.45) is 0 Å². The zero-order chi connectivity index (χ0) is 14.5. The quantitative estimate of drug-likeness (QED) is 0.845. The fraction of sp³-hybridized carbons (Fsp3) is 0.625. The first-order chi connectivity index (χ1) is 10.3. The van der Waals surface area contributed by atoms with Gasteiger partial charge in [-0.15, -0.1) is 0 Å². The van der Waals surface area contributed by atoms with Gasteiger partial charge in [-0.05, 0) is 43.6 Å². The Balaban J connectivity index is 1.56. The number of hydrogen-bond donors (Lipinski definition) is 0. The summed E-state index contributed by atoms with van der Waals surface area (Å²) in [5.74, 6) is 0.235. The zero-order valence-corrected chi connectivity index (χ0v) is 12.4. The zero-order valence-electron chi connectivity index (χ0n) is 12.4. The molecule has 0 aliphatic carbocycles. The Morgan fingerprint density at radius 3 is 2.71 bits per heavy atom. The second kappa shape index (κ2) is 7.00. The van der Waals surface area contributed by atoms with Crippen molar-refractivity contribution >= 4 is 5.91 Å². The van der Waals surface area contributed by atoms with E-state index in [4.69, 9.17) is 4.74 Å². The van der Waals surface area contributed by atoms with E-state index in [1.807, 2.05) is 17.0 Å². The molecule has 2 aliphatic rings. The lowest BCUT2D eigenvalue weighted by Crippen LogP contribution is -2.47. The van der Waals surface area contributed by atoms with E-state index < -0.39 is 0 Å². The number of carbonyl (C=O) groups excluding carboxylic acids is 1. The molecule has 2 saturated heterocycles. The molecule has 1 atom stereocenters. The Kier molecular flexibility index (Phi) is 4.83. The van der Waals surface area contributed by atoms with Crippen LogP contribution < -0.4 is 0 Å². The normalized spacial score (nSPS) is 24.0. The molecule has 0 aromatic carbocycles. The summed E-state index contributed by atoms with van der Waals surface area (Å²) in [7, 11) is 0. The minimum absolute atomic E-state index is 0.0212. The number of likely N-dealkylation sites (tertiary alicyclic amines) is 1. The van der Waals surface area contributed by atoms with Gasteiger partial charge in [-0.2, -0.15) is 0 Å². The number of rotatable bonds is 3. The van der Waals surface area contributed by atoms with Gasteiger partial charge in [0.2, 0.25) is 5.91 Å². The largest absolute Gasteiger partial charge is 0.370 e. The van der Waals surface area contributed by atoms with Crippen molar-refractivity contribution in [3.8, 4) is 0 Å². The first-order valence-electron chi connectivity index (χ1n) is 7.84. The van der Waals surface area contributed by atoms with Crippen molar-refractivity contribution in [1.82, 2.24) is 14.8 Å². The van der Waals surface area contributed by atoms with Gasteiger partial charge in [0.1, 0.15) is 6.10 Å². The molecule has 2 fully saturated rings. The summed E-state index contributed by atoms with van der Waals surface area (Å²) in [5.41, 5.74) is 1.10. The van der Waals surface area contributed by atoms with E-state index in [0.29, 0.717) is 26.2 Å². The highest BCUT2D eigenvalue weighted by molar-refractivity contribution is 5.78. The minimum atomic E-state index is -0.0212. The third kappa shape index (κ3) is 3.80. The molecule has 1 unspecified atom stereocenters. The smallest absolute Gasteiger partial charge is 0.236 e. The van der Waals surface area contributed by atoms with E-state index >= 15 is 0 Å². The molecule has 2 aliphatic heterocycles. The summed E-state index contributed by atoms with van der Waals surface area (Å²) >= 11 is 0. The number of nitrogens with zero attached hydrogens (tertiary/aromatic N) is 3. The van der Waals surface area contributed by atoms with Gasteiger partial charge in [0.05, 0.1) is 19.7 Å². The second-order valence-electron chi connectivity index (χ2n) is 5.82. The van der Waals surface area contributed by atoms with Crippen molar-refractivity contribution in [3.63, 3.8) is 0 Å². The van der Waals surface area contributed by atoms with Gasteiger partial charge in [0.15, 0.2) is 0 Å².